The number of urea groups is 4. The lowest BCUT2D eigenvalue weighted by Crippen LogP contribution is -2.36. The van der Waals surface area contributed by atoms with E-state index in [9.17, 15) is 48.8 Å². The SMILES string of the molecule is O=C(Nc1ccc(Cl)c(Cl)c1)N(O)c1cccc(-c2sc(N3CCOCC3)nc2-c2ccncn2)c1.O=C(Nc1ccc(Cl)cc1F)N(O)c1cccc(-c2sc(N3CCOCC3)nc2-c2ccncc2)c1.O=C(Nc1ccc(F)cc1)N(O)c1cccc(-c2sc(N3CCOCC3)nc2-c2ccncn2)c1.O=C(Nc1cccc(Cl)c1)N(O)c1cccc(-c2sc(N3CCOCC3)nc2-c2ccncc2)c1. The van der Waals surface area contributed by atoms with Crippen LogP contribution in [-0.2, 0) is 18.9 Å². The Kier molecular flexibility index (Phi) is 33.1. The van der Waals surface area contributed by atoms with Crippen molar-refractivity contribution in [2.45, 2.75) is 0 Å². The van der Waals surface area contributed by atoms with Crippen LogP contribution in [0.4, 0.5) is 94.0 Å². The predicted octanol–water partition coefficient (Wildman–Crippen LogP) is 22.2. The fourth-order valence-electron chi connectivity index (χ4n) is 14.7. The van der Waals surface area contributed by atoms with Crippen molar-refractivity contribution in [3.63, 3.8) is 0 Å². The third-order valence-corrected chi connectivity index (χ3v) is 27.7. The number of morpholine rings is 4. The molecule has 0 unspecified atom stereocenters. The van der Waals surface area contributed by atoms with Gasteiger partial charge < -0.3 is 59.8 Å². The number of thiazole rings is 4. The Morgan fingerprint density at radius 2 is 0.655 bits per heavy atom. The largest absolute Gasteiger partial charge is 0.378 e. The monoisotopic (exact) mass is 2070 g/mol. The molecule has 8 aromatic carbocycles. The number of hydrogen-bond acceptors (Lipinski definition) is 30. The van der Waals surface area contributed by atoms with Gasteiger partial charge in [-0.25, -0.2) is 67.8 Å². The number of pyridine rings is 2. The molecule has 4 fully saturated rings. The molecule has 44 heteroatoms. The Morgan fingerprint density at radius 1 is 0.324 bits per heavy atom. The number of amides is 8. The van der Waals surface area contributed by atoms with Crippen molar-refractivity contribution < 1.29 is 67.7 Å². The third kappa shape index (κ3) is 25.0. The molecule has 34 nitrogen and oxygen atoms in total. The maximum atomic E-state index is 14.1. The number of hydroxylamine groups is 4. The molecule has 0 bridgehead atoms. The van der Waals surface area contributed by atoms with Crippen LogP contribution in [0.2, 0.25) is 20.1 Å². The van der Waals surface area contributed by atoms with Crippen molar-refractivity contribution in [3.8, 4) is 87.1 Å². The minimum atomic E-state index is -0.916. The summed E-state index contributed by atoms with van der Waals surface area (Å²) in [5.74, 6) is -1.13. The highest BCUT2D eigenvalue weighted by Crippen LogP contribution is 2.47. The van der Waals surface area contributed by atoms with Gasteiger partial charge in [-0.2, -0.15) is 20.3 Å². The van der Waals surface area contributed by atoms with E-state index in [2.05, 4.69) is 70.8 Å². The summed E-state index contributed by atoms with van der Waals surface area (Å²) in [4.78, 5) is 107. The van der Waals surface area contributed by atoms with E-state index in [1.165, 1.54) is 89.1 Å². The molecule has 16 aromatic rings. The summed E-state index contributed by atoms with van der Waals surface area (Å²) in [5, 5.41) is 59.4. The molecular formula is C98H84Cl4F2N22O12S4. The van der Waals surface area contributed by atoms with Gasteiger partial charge in [-0.05, 0) is 186 Å². The van der Waals surface area contributed by atoms with Crippen LogP contribution in [-0.4, -0.2) is 200 Å². The molecule has 8 aromatic heterocycles. The number of carbonyl (C=O) groups excluding carboxylic acids is 4. The zero-order valence-electron chi connectivity index (χ0n) is 74.7. The summed E-state index contributed by atoms with van der Waals surface area (Å²) in [6.45, 7) is 11.2. The van der Waals surface area contributed by atoms with Crippen LogP contribution >= 0.6 is 91.8 Å². The zero-order valence-corrected chi connectivity index (χ0v) is 81.0. The van der Waals surface area contributed by atoms with E-state index in [4.69, 9.17) is 85.3 Å². The Balaban J connectivity index is 0.000000130. The second-order valence-electron chi connectivity index (χ2n) is 31.2. The average molecular weight is 2070 g/mol. The quantitative estimate of drug-likeness (QED) is 0.0259. The van der Waals surface area contributed by atoms with E-state index in [0.717, 1.165) is 143 Å². The number of hydrogen-bond donors (Lipinski definition) is 8. The molecular weight excluding hydrogens is 1990 g/mol. The standard InChI is InChI=1S/C25H21ClFN5O3S.C25H22ClN5O3S.C24H20Cl2N6O3S.C24H21FN6O3S/c26-18-4-5-21(20(27)15-18)29-24(33)32(34)19-3-1-2-17(14-19)23-22(16-6-8-28-9-7-16)30-25(36-23)31-10-12-35-13-11-31;26-19-4-2-5-20(16-19)28-24(32)31(33)21-6-1-3-18(15-21)23-22(17-7-9-27-10-8-17)29-25(35-23)30-11-13-34-14-12-30;25-18-5-4-16(13-19(18)26)29-23(33)32(34)17-3-1-2-15(12-17)22-21(20-6-7-27-14-28-20)30-24(36-22)31-8-10-35-11-9-31;25-17-4-6-18(7-5-17)28-23(32)31(33)19-3-1-2-16(14-19)22-21(20-8-9-26-15-27-20)29-24(35-22)30-10-12-34-13-11-30/h1-9,14-15,34H,10-13H2,(H,29,33);1-10,15-16,33H,11-14H2,(H,28,32);1-7,12-14,34H,8-11H2,(H,29,33);1-9,14-15,33H,10-13H2,(H,28,32). The van der Waals surface area contributed by atoms with E-state index < -0.39 is 35.8 Å². The fourth-order valence-corrected chi connectivity index (χ4v) is 19.9. The molecule has 142 heavy (non-hydrogen) atoms. The Morgan fingerprint density at radius 3 is 1.01 bits per heavy atom. The highest BCUT2D eigenvalue weighted by atomic mass is 35.5. The van der Waals surface area contributed by atoms with Crippen LogP contribution in [0.3, 0.4) is 0 Å². The van der Waals surface area contributed by atoms with Gasteiger partial charge in [-0.1, -0.05) is 146 Å². The number of ether oxygens (including phenoxy) is 4. The number of nitrogens with one attached hydrogen (secondary N) is 4. The Bertz CT molecular complexity index is 7070. The predicted molar refractivity (Wildman–Crippen MR) is 550 cm³/mol. The van der Waals surface area contributed by atoms with E-state index >= 15 is 0 Å². The van der Waals surface area contributed by atoms with Crippen LogP contribution in [0.15, 0.2) is 268 Å². The van der Waals surface area contributed by atoms with Gasteiger partial charge in [-0.15, -0.1) is 0 Å². The zero-order chi connectivity index (χ0) is 98.5. The summed E-state index contributed by atoms with van der Waals surface area (Å²) < 4.78 is 49.1. The number of rotatable bonds is 20. The molecule has 0 saturated carbocycles. The van der Waals surface area contributed by atoms with Gasteiger partial charge in [0.25, 0.3) is 0 Å². The first-order valence-electron chi connectivity index (χ1n) is 43.9. The molecule has 0 radical (unpaired) electrons. The van der Waals surface area contributed by atoms with Gasteiger partial charge in [-0.3, -0.25) is 30.8 Å². The lowest BCUT2D eigenvalue weighted by Gasteiger charge is -2.26. The summed E-state index contributed by atoms with van der Waals surface area (Å²) in [6, 6.07) is 56.6. The first-order valence-corrected chi connectivity index (χ1v) is 48.6. The molecule has 4 aliphatic rings. The number of benzene rings is 8. The summed E-state index contributed by atoms with van der Waals surface area (Å²) >= 11 is 29.8. The van der Waals surface area contributed by atoms with Crippen molar-refractivity contribution in [2.24, 2.45) is 0 Å². The van der Waals surface area contributed by atoms with E-state index in [1.54, 1.807) is 170 Å². The van der Waals surface area contributed by atoms with Gasteiger partial charge >= 0.3 is 24.1 Å². The van der Waals surface area contributed by atoms with Crippen molar-refractivity contribution in [3.05, 3.63) is 300 Å². The lowest BCUT2D eigenvalue weighted by atomic mass is 10.1. The average Bonchev–Trinajstić information content (AvgIpc) is 1.64. The van der Waals surface area contributed by atoms with E-state index in [0.29, 0.717) is 134 Å². The van der Waals surface area contributed by atoms with Gasteiger partial charge in [0.15, 0.2) is 20.5 Å². The van der Waals surface area contributed by atoms with Crippen LogP contribution < -0.4 is 61.1 Å². The maximum Gasteiger partial charge on any atom is 0.350 e. The molecule has 8 N–H and O–H groups in total. The van der Waals surface area contributed by atoms with Crippen molar-refractivity contribution in [1.29, 1.82) is 0 Å². The Hall–Kier alpha value is -14.3. The molecule has 4 aliphatic heterocycles. The lowest BCUT2D eigenvalue weighted by molar-refractivity contribution is 0.122. The van der Waals surface area contributed by atoms with Crippen LogP contribution in [0.5, 0.6) is 0 Å². The first-order chi connectivity index (χ1) is 69.1. The Labute approximate surface area is 846 Å². The normalized spacial score (nSPS) is 13.5. The van der Waals surface area contributed by atoms with E-state index in [1.807, 2.05) is 48.5 Å². The van der Waals surface area contributed by atoms with Crippen LogP contribution in [0, 0.1) is 11.6 Å². The smallest absolute Gasteiger partial charge is 0.350 e. The topological polar surface area (TPSA) is 389 Å². The molecule has 12 heterocycles. The molecule has 8 amide bonds. The number of anilines is 12. The second kappa shape index (κ2) is 47.3. The molecule has 4 saturated heterocycles. The van der Waals surface area contributed by atoms with Crippen LogP contribution in [0.1, 0.15) is 0 Å². The van der Waals surface area contributed by atoms with Crippen molar-refractivity contribution in [2.75, 3.05) is 166 Å². The first kappa shape index (κ1) is 99.3. The highest BCUT2D eigenvalue weighted by Gasteiger charge is 2.30. The fraction of sp³-hybridized carbons (Fsp3) is 0.163. The second-order valence-corrected chi connectivity index (χ2v) is 36.8. The molecule has 724 valence electrons. The minimum absolute atomic E-state index is 0.0998. The van der Waals surface area contributed by atoms with Gasteiger partial charge in [0.2, 0.25) is 0 Å². The minimum Gasteiger partial charge on any atom is -0.378 e. The molecule has 0 aliphatic carbocycles. The molecule has 0 spiro atoms. The van der Waals surface area contributed by atoms with Gasteiger partial charge in [0, 0.05) is 128 Å². The van der Waals surface area contributed by atoms with Crippen molar-refractivity contribution in [1.82, 2.24) is 49.8 Å². The summed E-state index contributed by atoms with van der Waals surface area (Å²) in [7, 11) is 0. The van der Waals surface area contributed by atoms with Gasteiger partial charge in [0.05, 0.1) is 134 Å². The summed E-state index contributed by atoms with van der Waals surface area (Å²) in [6.07, 6.45) is 13.2. The van der Waals surface area contributed by atoms with Gasteiger partial charge in [0.1, 0.15) is 35.7 Å². The van der Waals surface area contributed by atoms with Crippen molar-refractivity contribution >= 4 is 182 Å². The maximum absolute atomic E-state index is 14.1. The number of halogens is 6. The highest BCUT2D eigenvalue weighted by molar-refractivity contribution is 7.20. The number of aromatic nitrogens is 10. The number of carbonyl (C=O) groups is 4. The molecule has 20 rings (SSSR count). The number of nitrogens with zero attached hydrogens (tertiary/aromatic N) is 18. The molecule has 0 atom stereocenters. The van der Waals surface area contributed by atoms with E-state index in [-0.39, 0.29) is 27.8 Å². The third-order valence-electron chi connectivity index (χ3n) is 21.8. The van der Waals surface area contributed by atoms with Crippen LogP contribution in [0.25, 0.3) is 87.1 Å². The summed E-state index contributed by atoms with van der Waals surface area (Å²) in [5.41, 5.74) is 11.5.